The van der Waals surface area contributed by atoms with Gasteiger partial charge in [-0.15, -0.1) is 10.2 Å². The summed E-state index contributed by atoms with van der Waals surface area (Å²) in [6.07, 6.45) is 0. The molecule has 0 saturated heterocycles. The predicted octanol–water partition coefficient (Wildman–Crippen LogP) is 3.77. The quantitative estimate of drug-likeness (QED) is 0.433. The zero-order valence-electron chi connectivity index (χ0n) is 16.2. The highest BCUT2D eigenvalue weighted by atomic mass is 32.2. The van der Waals surface area contributed by atoms with E-state index in [1.165, 1.54) is 11.8 Å². The minimum atomic E-state index is -0.147. The summed E-state index contributed by atoms with van der Waals surface area (Å²) in [5, 5.41) is 10.7. The molecular formula is C21H17N5O3S. The monoisotopic (exact) mass is 419 g/mol. The summed E-state index contributed by atoms with van der Waals surface area (Å²) in [5.74, 6) is 2.92. The van der Waals surface area contributed by atoms with Crippen LogP contribution >= 0.6 is 11.8 Å². The van der Waals surface area contributed by atoms with E-state index in [1.807, 2.05) is 54.1 Å². The largest absolute Gasteiger partial charge is 0.493 e. The van der Waals surface area contributed by atoms with Crippen molar-refractivity contribution in [2.45, 2.75) is 10.9 Å². The van der Waals surface area contributed by atoms with Gasteiger partial charge in [0.25, 0.3) is 5.56 Å². The lowest BCUT2D eigenvalue weighted by molar-refractivity contribution is 0.410. The number of nitrogens with one attached hydrogen (secondary N) is 1. The Bertz CT molecular complexity index is 1440. The zero-order valence-corrected chi connectivity index (χ0v) is 17.1. The topological polar surface area (TPSA) is 98.8 Å². The number of ether oxygens (including phenoxy) is 1. The molecule has 0 saturated carbocycles. The molecule has 0 fully saturated rings. The lowest BCUT2D eigenvalue weighted by Gasteiger charge is -2.04. The number of aromatic amines is 1. The molecular weight excluding hydrogens is 402 g/mol. The van der Waals surface area contributed by atoms with Gasteiger partial charge in [0.05, 0.1) is 23.8 Å². The van der Waals surface area contributed by atoms with Crippen LogP contribution in [0.3, 0.4) is 0 Å². The van der Waals surface area contributed by atoms with Gasteiger partial charge in [-0.25, -0.2) is 4.98 Å². The van der Waals surface area contributed by atoms with Gasteiger partial charge in [-0.2, -0.15) is 0 Å². The number of furan rings is 1. The fourth-order valence-corrected chi connectivity index (χ4v) is 4.08. The fraction of sp³-hybridized carbons (Fsp3) is 0.143. The number of hydrogen-bond donors (Lipinski definition) is 1. The van der Waals surface area contributed by atoms with Gasteiger partial charge in [0.2, 0.25) is 0 Å². The van der Waals surface area contributed by atoms with Gasteiger partial charge < -0.3 is 18.7 Å². The molecule has 0 amide bonds. The summed E-state index contributed by atoms with van der Waals surface area (Å²) >= 11 is 1.44. The summed E-state index contributed by atoms with van der Waals surface area (Å²) in [6.45, 7) is 0. The first-order valence-electron chi connectivity index (χ1n) is 9.21. The summed E-state index contributed by atoms with van der Waals surface area (Å²) in [6, 6.07) is 14.9. The van der Waals surface area contributed by atoms with Crippen molar-refractivity contribution >= 4 is 33.6 Å². The number of H-pyrrole nitrogens is 1. The van der Waals surface area contributed by atoms with E-state index < -0.39 is 0 Å². The van der Waals surface area contributed by atoms with Gasteiger partial charge in [0.15, 0.2) is 28.1 Å². The van der Waals surface area contributed by atoms with E-state index in [4.69, 9.17) is 9.15 Å². The standard InChI is InChI=1S/C21H17N5O3S/c1-26-19(16-10-12-6-5-9-15(28-2)18(12)29-16)24-25-21(26)30-11-17-22-14-8-4-3-7-13(14)20(27)23-17/h3-10H,11H2,1-2H3,(H,22,23,27). The summed E-state index contributed by atoms with van der Waals surface area (Å²) in [4.78, 5) is 19.6. The van der Waals surface area contributed by atoms with Crippen LogP contribution < -0.4 is 10.3 Å². The van der Waals surface area contributed by atoms with Gasteiger partial charge in [-0.1, -0.05) is 36.0 Å². The molecule has 0 aliphatic carbocycles. The number of aromatic nitrogens is 5. The number of nitrogens with zero attached hydrogens (tertiary/aromatic N) is 4. The van der Waals surface area contributed by atoms with Crippen LogP contribution in [-0.4, -0.2) is 31.8 Å². The Morgan fingerprint density at radius 3 is 2.90 bits per heavy atom. The van der Waals surface area contributed by atoms with Crippen molar-refractivity contribution in [2.24, 2.45) is 7.05 Å². The third kappa shape index (κ3) is 3.13. The van der Waals surface area contributed by atoms with Crippen LogP contribution in [-0.2, 0) is 12.8 Å². The first kappa shape index (κ1) is 18.4. The number of methoxy groups -OCH3 is 1. The lowest BCUT2D eigenvalue weighted by Crippen LogP contribution is -2.11. The number of para-hydroxylation sites is 2. The third-order valence-electron chi connectivity index (χ3n) is 4.78. The van der Waals surface area contributed by atoms with Gasteiger partial charge >= 0.3 is 0 Å². The van der Waals surface area contributed by atoms with E-state index in [0.717, 1.165) is 5.39 Å². The maximum atomic E-state index is 12.2. The molecule has 0 bridgehead atoms. The molecule has 5 aromatic rings. The molecule has 8 nitrogen and oxygen atoms in total. The first-order valence-corrected chi connectivity index (χ1v) is 10.2. The maximum Gasteiger partial charge on any atom is 0.258 e. The zero-order chi connectivity index (χ0) is 20.7. The van der Waals surface area contributed by atoms with Crippen molar-refractivity contribution in [2.75, 3.05) is 7.11 Å². The minimum absolute atomic E-state index is 0.147. The molecule has 0 atom stereocenters. The Labute approximate surface area is 174 Å². The Morgan fingerprint density at radius 1 is 1.17 bits per heavy atom. The Balaban J connectivity index is 1.42. The van der Waals surface area contributed by atoms with Crippen molar-refractivity contribution in [1.29, 1.82) is 0 Å². The van der Waals surface area contributed by atoms with Crippen molar-refractivity contribution in [3.05, 3.63) is 64.7 Å². The molecule has 0 aliphatic rings. The van der Waals surface area contributed by atoms with Crippen molar-refractivity contribution in [3.8, 4) is 17.3 Å². The molecule has 3 aromatic heterocycles. The van der Waals surface area contributed by atoms with Gasteiger partial charge in [-0.05, 0) is 24.3 Å². The average Bonchev–Trinajstić information content (AvgIpc) is 3.35. The molecule has 0 spiro atoms. The second-order valence-electron chi connectivity index (χ2n) is 6.67. The van der Waals surface area contributed by atoms with Crippen molar-refractivity contribution in [3.63, 3.8) is 0 Å². The normalized spacial score (nSPS) is 11.4. The third-order valence-corrected chi connectivity index (χ3v) is 5.81. The maximum absolute atomic E-state index is 12.2. The van der Waals surface area contributed by atoms with Crippen LogP contribution in [0.2, 0.25) is 0 Å². The molecule has 0 aliphatic heterocycles. The Kier molecular flexibility index (Phi) is 4.51. The first-order chi connectivity index (χ1) is 14.6. The highest BCUT2D eigenvalue weighted by Crippen LogP contribution is 2.33. The molecule has 1 N–H and O–H groups in total. The SMILES string of the molecule is COc1cccc2cc(-c3nnc(SCc4nc5ccccc5c(=O)[nH]4)n3C)oc12. The number of fused-ring (bicyclic) bond motifs is 2. The number of rotatable bonds is 5. The molecule has 9 heteroatoms. The van der Waals surface area contributed by atoms with E-state index in [9.17, 15) is 4.79 Å². The second-order valence-corrected chi connectivity index (χ2v) is 7.62. The van der Waals surface area contributed by atoms with Crippen molar-refractivity contribution in [1.82, 2.24) is 24.7 Å². The molecule has 0 unspecified atom stereocenters. The van der Waals surface area contributed by atoms with Crippen LogP contribution in [0.15, 0.2) is 62.9 Å². The molecule has 5 rings (SSSR count). The van der Waals surface area contributed by atoms with Crippen LogP contribution in [0.4, 0.5) is 0 Å². The minimum Gasteiger partial charge on any atom is -0.493 e. The smallest absolute Gasteiger partial charge is 0.258 e. The van der Waals surface area contributed by atoms with Crippen LogP contribution in [0.25, 0.3) is 33.5 Å². The number of hydrogen-bond acceptors (Lipinski definition) is 7. The average molecular weight is 419 g/mol. The lowest BCUT2D eigenvalue weighted by atomic mass is 10.2. The summed E-state index contributed by atoms with van der Waals surface area (Å²) in [7, 11) is 3.48. The van der Waals surface area contributed by atoms with Crippen LogP contribution in [0, 0.1) is 0 Å². The Morgan fingerprint density at radius 2 is 2.03 bits per heavy atom. The number of benzene rings is 2. The van der Waals surface area contributed by atoms with Gasteiger partial charge in [0, 0.05) is 12.4 Å². The van der Waals surface area contributed by atoms with E-state index in [-0.39, 0.29) is 5.56 Å². The highest BCUT2D eigenvalue weighted by molar-refractivity contribution is 7.98. The predicted molar refractivity (Wildman–Crippen MR) is 115 cm³/mol. The van der Waals surface area contributed by atoms with Gasteiger partial charge in [0.1, 0.15) is 5.82 Å². The summed E-state index contributed by atoms with van der Waals surface area (Å²) in [5.41, 5.74) is 1.20. The van der Waals surface area contributed by atoms with Crippen LogP contribution in [0.1, 0.15) is 5.82 Å². The fourth-order valence-electron chi connectivity index (χ4n) is 3.30. The molecule has 0 radical (unpaired) electrons. The van der Waals surface area contributed by atoms with Crippen LogP contribution in [0.5, 0.6) is 5.75 Å². The highest BCUT2D eigenvalue weighted by Gasteiger charge is 2.17. The molecule has 2 aromatic carbocycles. The summed E-state index contributed by atoms with van der Waals surface area (Å²) < 4.78 is 13.2. The van der Waals surface area contributed by atoms with Crippen molar-refractivity contribution < 1.29 is 9.15 Å². The van der Waals surface area contributed by atoms with Gasteiger partial charge in [-0.3, -0.25) is 4.79 Å². The van der Waals surface area contributed by atoms with E-state index in [1.54, 1.807) is 13.2 Å². The second kappa shape index (κ2) is 7.34. The molecule has 3 heterocycles. The molecule has 150 valence electrons. The number of thioether (sulfide) groups is 1. The van der Waals surface area contributed by atoms with E-state index >= 15 is 0 Å². The molecule has 30 heavy (non-hydrogen) atoms. The Hall–Kier alpha value is -3.59. The van der Waals surface area contributed by atoms with E-state index in [2.05, 4.69) is 20.2 Å². The van der Waals surface area contributed by atoms with E-state index in [0.29, 0.717) is 50.6 Å².